The van der Waals surface area contributed by atoms with Gasteiger partial charge in [-0.05, 0) is 18.7 Å². The summed E-state index contributed by atoms with van der Waals surface area (Å²) in [6.07, 6.45) is 0.477. The quantitative estimate of drug-likeness (QED) is 0.719. The van der Waals surface area contributed by atoms with E-state index in [1.165, 1.54) is 0 Å². The molecular weight excluding hydrogens is 204 g/mol. The molecule has 4 heteroatoms. The average molecular weight is 222 g/mol. The van der Waals surface area contributed by atoms with Gasteiger partial charge in [0.05, 0.1) is 7.11 Å². The van der Waals surface area contributed by atoms with E-state index in [2.05, 4.69) is 10.6 Å². The van der Waals surface area contributed by atoms with Crippen LogP contribution in [0.4, 0.5) is 5.69 Å². The molecule has 0 unspecified atom stereocenters. The topological polar surface area (TPSA) is 50.4 Å². The van der Waals surface area contributed by atoms with Crippen molar-refractivity contribution in [1.82, 2.24) is 5.32 Å². The lowest BCUT2D eigenvalue weighted by Gasteiger charge is -2.07. The molecule has 1 aromatic carbocycles. The van der Waals surface area contributed by atoms with E-state index in [4.69, 9.17) is 4.74 Å². The summed E-state index contributed by atoms with van der Waals surface area (Å²) in [5, 5.41) is 5.92. The van der Waals surface area contributed by atoms with Gasteiger partial charge in [0.15, 0.2) is 0 Å². The standard InChI is InChI=1S/C12H18N2O2/c1-3-13-8-7-12(15)14-10-5-4-6-11(9-10)16-2/h4-6,9,13H,3,7-8H2,1-2H3,(H,14,15). The number of rotatable bonds is 6. The third-order valence-corrected chi connectivity index (χ3v) is 2.13. The Morgan fingerprint density at radius 1 is 1.44 bits per heavy atom. The van der Waals surface area contributed by atoms with Gasteiger partial charge < -0.3 is 15.4 Å². The highest BCUT2D eigenvalue weighted by Crippen LogP contribution is 2.16. The molecular formula is C12H18N2O2. The number of carbonyl (C=O) groups excluding carboxylic acids is 1. The first-order valence-electron chi connectivity index (χ1n) is 5.41. The fourth-order valence-electron chi connectivity index (χ4n) is 1.30. The molecule has 0 spiro atoms. The molecule has 0 saturated carbocycles. The minimum absolute atomic E-state index is 0.00852. The Bertz CT molecular complexity index is 340. The zero-order valence-corrected chi connectivity index (χ0v) is 9.75. The molecule has 0 heterocycles. The number of ether oxygens (including phenoxy) is 1. The molecule has 0 atom stereocenters. The number of anilines is 1. The highest BCUT2D eigenvalue weighted by Gasteiger charge is 2.02. The van der Waals surface area contributed by atoms with Crippen LogP contribution in [0.25, 0.3) is 0 Å². The Morgan fingerprint density at radius 3 is 2.94 bits per heavy atom. The van der Waals surface area contributed by atoms with Gasteiger partial charge in [0, 0.05) is 24.7 Å². The first kappa shape index (κ1) is 12.5. The lowest BCUT2D eigenvalue weighted by Crippen LogP contribution is -2.21. The summed E-state index contributed by atoms with van der Waals surface area (Å²) in [5.41, 5.74) is 0.765. The van der Waals surface area contributed by atoms with Crippen molar-refractivity contribution in [3.05, 3.63) is 24.3 Å². The fraction of sp³-hybridized carbons (Fsp3) is 0.417. The molecule has 88 valence electrons. The van der Waals surface area contributed by atoms with Crippen LogP contribution in [0.2, 0.25) is 0 Å². The molecule has 0 aliphatic carbocycles. The van der Waals surface area contributed by atoms with Crippen molar-refractivity contribution >= 4 is 11.6 Å². The molecule has 0 fully saturated rings. The second-order valence-corrected chi connectivity index (χ2v) is 3.38. The summed E-state index contributed by atoms with van der Waals surface area (Å²) >= 11 is 0. The fourth-order valence-corrected chi connectivity index (χ4v) is 1.30. The highest BCUT2D eigenvalue weighted by atomic mass is 16.5. The Morgan fingerprint density at radius 2 is 2.25 bits per heavy atom. The van der Waals surface area contributed by atoms with E-state index in [0.29, 0.717) is 13.0 Å². The van der Waals surface area contributed by atoms with E-state index in [-0.39, 0.29) is 5.91 Å². The maximum atomic E-state index is 11.5. The van der Waals surface area contributed by atoms with Crippen LogP contribution in [0, 0.1) is 0 Å². The normalized spacial score (nSPS) is 9.88. The molecule has 1 rings (SSSR count). The summed E-state index contributed by atoms with van der Waals surface area (Å²) in [6, 6.07) is 7.33. The Balaban J connectivity index is 2.43. The number of hydrogen-bond acceptors (Lipinski definition) is 3. The zero-order valence-electron chi connectivity index (χ0n) is 9.75. The number of benzene rings is 1. The van der Waals surface area contributed by atoms with Crippen LogP contribution in [0.1, 0.15) is 13.3 Å². The maximum absolute atomic E-state index is 11.5. The van der Waals surface area contributed by atoms with Gasteiger partial charge in [0.25, 0.3) is 0 Å². The van der Waals surface area contributed by atoms with Crippen molar-refractivity contribution in [3.8, 4) is 5.75 Å². The number of hydrogen-bond donors (Lipinski definition) is 2. The SMILES string of the molecule is CCNCCC(=O)Nc1cccc(OC)c1. The summed E-state index contributed by atoms with van der Waals surface area (Å²) in [5.74, 6) is 0.749. The van der Waals surface area contributed by atoms with Gasteiger partial charge in [-0.15, -0.1) is 0 Å². The predicted molar refractivity (Wildman–Crippen MR) is 64.8 cm³/mol. The molecule has 0 aliphatic heterocycles. The predicted octanol–water partition coefficient (Wildman–Crippen LogP) is 1.63. The molecule has 0 radical (unpaired) electrons. The van der Waals surface area contributed by atoms with Crippen LogP contribution < -0.4 is 15.4 Å². The van der Waals surface area contributed by atoms with Crippen LogP contribution in [-0.4, -0.2) is 26.1 Å². The van der Waals surface area contributed by atoms with Crippen LogP contribution in [-0.2, 0) is 4.79 Å². The van der Waals surface area contributed by atoms with Gasteiger partial charge in [0.2, 0.25) is 5.91 Å². The summed E-state index contributed by atoms with van der Waals surface area (Å²) in [6.45, 7) is 3.60. The lowest BCUT2D eigenvalue weighted by atomic mass is 10.3. The zero-order chi connectivity index (χ0) is 11.8. The van der Waals surface area contributed by atoms with Gasteiger partial charge >= 0.3 is 0 Å². The van der Waals surface area contributed by atoms with E-state index < -0.39 is 0 Å². The van der Waals surface area contributed by atoms with Crippen LogP contribution in [0.3, 0.4) is 0 Å². The average Bonchev–Trinajstić information content (AvgIpc) is 2.29. The molecule has 1 aromatic rings. The molecule has 16 heavy (non-hydrogen) atoms. The number of carbonyl (C=O) groups is 1. The van der Waals surface area contributed by atoms with E-state index in [0.717, 1.165) is 18.0 Å². The van der Waals surface area contributed by atoms with Crippen LogP contribution in [0.5, 0.6) is 5.75 Å². The summed E-state index contributed by atoms with van der Waals surface area (Å²) in [7, 11) is 1.60. The van der Waals surface area contributed by atoms with Crippen LogP contribution >= 0.6 is 0 Å². The van der Waals surface area contributed by atoms with Gasteiger partial charge in [-0.2, -0.15) is 0 Å². The minimum atomic E-state index is 0.00852. The second-order valence-electron chi connectivity index (χ2n) is 3.38. The van der Waals surface area contributed by atoms with E-state index >= 15 is 0 Å². The van der Waals surface area contributed by atoms with Gasteiger partial charge in [0.1, 0.15) is 5.75 Å². The van der Waals surface area contributed by atoms with E-state index in [9.17, 15) is 4.79 Å². The smallest absolute Gasteiger partial charge is 0.225 e. The van der Waals surface area contributed by atoms with Crippen molar-refractivity contribution in [2.24, 2.45) is 0 Å². The van der Waals surface area contributed by atoms with Crippen molar-refractivity contribution in [1.29, 1.82) is 0 Å². The van der Waals surface area contributed by atoms with Gasteiger partial charge in [-0.1, -0.05) is 13.0 Å². The number of amides is 1. The van der Waals surface area contributed by atoms with Crippen molar-refractivity contribution < 1.29 is 9.53 Å². The van der Waals surface area contributed by atoms with Crippen molar-refractivity contribution in [2.45, 2.75) is 13.3 Å². The third-order valence-electron chi connectivity index (χ3n) is 2.13. The van der Waals surface area contributed by atoms with Crippen LogP contribution in [0.15, 0.2) is 24.3 Å². The Hall–Kier alpha value is -1.55. The first-order valence-corrected chi connectivity index (χ1v) is 5.41. The molecule has 0 aliphatic rings. The Labute approximate surface area is 96.0 Å². The number of nitrogens with one attached hydrogen (secondary N) is 2. The molecule has 0 aromatic heterocycles. The molecule has 0 saturated heterocycles. The highest BCUT2D eigenvalue weighted by molar-refractivity contribution is 5.90. The Kier molecular flexibility index (Phi) is 5.36. The first-order chi connectivity index (χ1) is 7.76. The van der Waals surface area contributed by atoms with Crippen molar-refractivity contribution in [3.63, 3.8) is 0 Å². The largest absolute Gasteiger partial charge is 0.497 e. The monoisotopic (exact) mass is 222 g/mol. The minimum Gasteiger partial charge on any atom is -0.497 e. The van der Waals surface area contributed by atoms with Crippen molar-refractivity contribution in [2.75, 3.05) is 25.5 Å². The lowest BCUT2D eigenvalue weighted by molar-refractivity contribution is -0.116. The number of methoxy groups -OCH3 is 1. The molecule has 2 N–H and O–H groups in total. The third kappa shape index (κ3) is 4.31. The van der Waals surface area contributed by atoms with E-state index in [1.807, 2.05) is 25.1 Å². The van der Waals surface area contributed by atoms with Gasteiger partial charge in [-0.3, -0.25) is 4.79 Å². The summed E-state index contributed by atoms with van der Waals surface area (Å²) in [4.78, 5) is 11.5. The maximum Gasteiger partial charge on any atom is 0.225 e. The van der Waals surface area contributed by atoms with Gasteiger partial charge in [-0.25, -0.2) is 0 Å². The molecule has 1 amide bonds. The second kappa shape index (κ2) is 6.85. The summed E-state index contributed by atoms with van der Waals surface area (Å²) < 4.78 is 5.07. The molecule has 0 bridgehead atoms. The molecule has 4 nitrogen and oxygen atoms in total. The van der Waals surface area contributed by atoms with E-state index in [1.54, 1.807) is 13.2 Å².